The van der Waals surface area contributed by atoms with E-state index in [0.717, 1.165) is 31.2 Å². The van der Waals surface area contributed by atoms with Crippen molar-refractivity contribution in [1.82, 2.24) is 10.2 Å². The molecule has 0 amide bonds. The Morgan fingerprint density at radius 1 is 1.28 bits per heavy atom. The maximum atomic E-state index is 11.7. The van der Waals surface area contributed by atoms with E-state index in [1.165, 1.54) is 32.1 Å². The molecule has 1 aliphatic carbocycles. The van der Waals surface area contributed by atoms with Gasteiger partial charge in [0.25, 0.3) is 0 Å². The Bertz CT molecular complexity index is 550. The minimum absolute atomic E-state index is 0. The van der Waals surface area contributed by atoms with Gasteiger partial charge in [0.2, 0.25) is 0 Å². The fourth-order valence-corrected chi connectivity index (χ4v) is 6.91. The number of nitrogens with one attached hydrogen (secondary N) is 1. The molecule has 1 N–H and O–H groups in total. The molecular weight excluding hydrogens is 469 g/mol. The van der Waals surface area contributed by atoms with Crippen molar-refractivity contribution in [3.8, 4) is 0 Å². The lowest BCUT2D eigenvalue weighted by molar-refractivity contribution is 0.396. The molecule has 2 unspecified atom stereocenters. The molecule has 25 heavy (non-hydrogen) atoms. The van der Waals surface area contributed by atoms with E-state index in [1.54, 1.807) is 0 Å². The van der Waals surface area contributed by atoms with Crippen molar-refractivity contribution < 1.29 is 8.42 Å². The Kier molecular flexibility index (Phi) is 8.65. The molecule has 2 heterocycles. The topological polar surface area (TPSA) is 61.8 Å². The minimum atomic E-state index is -2.81. The predicted octanol–water partition coefficient (Wildman–Crippen LogP) is 2.75. The third-order valence-electron chi connectivity index (χ3n) is 5.41. The highest BCUT2D eigenvalue weighted by Crippen LogP contribution is 2.23. The number of hydrogen-bond donors (Lipinski definition) is 1. The van der Waals surface area contributed by atoms with E-state index in [-0.39, 0.29) is 29.9 Å². The molecule has 2 aliphatic heterocycles. The van der Waals surface area contributed by atoms with E-state index in [9.17, 15) is 8.42 Å². The zero-order chi connectivity index (χ0) is 17.0. The average molecular weight is 502 g/mol. The van der Waals surface area contributed by atoms with Crippen LogP contribution < -0.4 is 5.32 Å². The first-order valence-electron chi connectivity index (χ1n) is 9.43. The summed E-state index contributed by atoms with van der Waals surface area (Å²) in [5.74, 6) is 3.06. The molecule has 3 fully saturated rings. The number of rotatable bonds is 4. The van der Waals surface area contributed by atoms with Gasteiger partial charge in [-0.1, -0.05) is 19.8 Å². The SMILES string of the molecule is CCC1CN(C(=NCC2CCS(=O)(=O)C2)NC2CCCC2)CCS1.I. The number of aliphatic imine (C=N–C) groups is 1. The van der Waals surface area contributed by atoms with Gasteiger partial charge < -0.3 is 10.2 Å². The molecule has 1 saturated carbocycles. The summed E-state index contributed by atoms with van der Waals surface area (Å²) in [6.07, 6.45) is 7.04. The highest BCUT2D eigenvalue weighted by Gasteiger charge is 2.29. The van der Waals surface area contributed by atoms with Gasteiger partial charge in [0, 0.05) is 36.7 Å². The van der Waals surface area contributed by atoms with E-state index in [4.69, 9.17) is 4.99 Å². The molecular formula is C17H32IN3O2S2. The first kappa shape index (κ1) is 21.6. The van der Waals surface area contributed by atoms with Crippen LogP contribution in [0.5, 0.6) is 0 Å². The number of nitrogens with zero attached hydrogens (tertiary/aromatic N) is 2. The molecule has 3 aliphatic rings. The summed E-state index contributed by atoms with van der Waals surface area (Å²) >= 11 is 2.07. The predicted molar refractivity (Wildman–Crippen MR) is 118 cm³/mol. The molecule has 146 valence electrons. The van der Waals surface area contributed by atoms with Crippen LogP contribution in [-0.4, -0.2) is 67.5 Å². The number of thioether (sulfide) groups is 1. The first-order chi connectivity index (χ1) is 11.6. The lowest BCUT2D eigenvalue weighted by Crippen LogP contribution is -2.50. The van der Waals surface area contributed by atoms with Gasteiger partial charge in [-0.05, 0) is 31.6 Å². The van der Waals surface area contributed by atoms with E-state index in [0.29, 0.717) is 29.3 Å². The van der Waals surface area contributed by atoms with Crippen molar-refractivity contribution in [2.45, 2.75) is 56.7 Å². The molecule has 0 spiro atoms. The Morgan fingerprint density at radius 3 is 2.68 bits per heavy atom. The van der Waals surface area contributed by atoms with Crippen molar-refractivity contribution in [3.63, 3.8) is 0 Å². The average Bonchev–Trinajstić information content (AvgIpc) is 3.20. The van der Waals surface area contributed by atoms with Gasteiger partial charge in [-0.2, -0.15) is 11.8 Å². The minimum Gasteiger partial charge on any atom is -0.354 e. The quantitative estimate of drug-likeness (QED) is 0.365. The molecule has 0 radical (unpaired) electrons. The fourth-order valence-electron chi connectivity index (χ4n) is 3.88. The van der Waals surface area contributed by atoms with Crippen LogP contribution in [-0.2, 0) is 9.84 Å². The van der Waals surface area contributed by atoms with Crippen molar-refractivity contribution in [2.24, 2.45) is 10.9 Å². The lowest BCUT2D eigenvalue weighted by Gasteiger charge is -2.35. The monoisotopic (exact) mass is 501 g/mol. The summed E-state index contributed by atoms with van der Waals surface area (Å²) < 4.78 is 23.3. The van der Waals surface area contributed by atoms with Gasteiger partial charge in [0.05, 0.1) is 11.5 Å². The van der Waals surface area contributed by atoms with Crippen LogP contribution in [0.1, 0.15) is 45.4 Å². The second-order valence-corrected chi connectivity index (χ2v) is 11.0. The Hall–Kier alpha value is 0.300. The van der Waals surface area contributed by atoms with Crippen LogP contribution in [0, 0.1) is 5.92 Å². The van der Waals surface area contributed by atoms with E-state index in [1.807, 2.05) is 0 Å². The van der Waals surface area contributed by atoms with Gasteiger partial charge in [0.1, 0.15) is 0 Å². The van der Waals surface area contributed by atoms with E-state index >= 15 is 0 Å². The standard InChI is InChI=1S/C17H31N3O2S2.HI/c1-2-16-12-20(8-9-23-16)17(19-15-5-3-4-6-15)18-11-14-7-10-24(21,22)13-14;/h14-16H,2-13H2,1H3,(H,18,19);1H. The van der Waals surface area contributed by atoms with Gasteiger partial charge in [-0.15, -0.1) is 24.0 Å². The van der Waals surface area contributed by atoms with Gasteiger partial charge in [0.15, 0.2) is 15.8 Å². The number of guanidine groups is 1. The van der Waals surface area contributed by atoms with Gasteiger partial charge in [-0.3, -0.25) is 4.99 Å². The molecule has 8 heteroatoms. The maximum absolute atomic E-state index is 11.7. The summed E-state index contributed by atoms with van der Waals surface area (Å²) in [4.78, 5) is 7.29. The van der Waals surface area contributed by atoms with Crippen LogP contribution in [0.2, 0.25) is 0 Å². The maximum Gasteiger partial charge on any atom is 0.194 e. The number of hydrogen-bond acceptors (Lipinski definition) is 4. The molecule has 2 saturated heterocycles. The highest BCUT2D eigenvalue weighted by molar-refractivity contribution is 14.0. The van der Waals surface area contributed by atoms with E-state index in [2.05, 4.69) is 28.9 Å². The van der Waals surface area contributed by atoms with Crippen LogP contribution in [0.4, 0.5) is 0 Å². The third kappa shape index (κ3) is 6.45. The zero-order valence-electron chi connectivity index (χ0n) is 15.2. The molecule has 0 aromatic carbocycles. The van der Waals surface area contributed by atoms with Crippen LogP contribution in [0.3, 0.4) is 0 Å². The Balaban J connectivity index is 0.00000225. The zero-order valence-corrected chi connectivity index (χ0v) is 19.1. The summed E-state index contributed by atoms with van der Waals surface area (Å²) in [5.41, 5.74) is 0. The van der Waals surface area contributed by atoms with E-state index < -0.39 is 9.84 Å². The van der Waals surface area contributed by atoms with Crippen molar-refractivity contribution >= 4 is 51.5 Å². The van der Waals surface area contributed by atoms with Crippen molar-refractivity contribution in [1.29, 1.82) is 0 Å². The second kappa shape index (κ2) is 10.0. The highest BCUT2D eigenvalue weighted by atomic mass is 127. The number of sulfone groups is 1. The smallest absolute Gasteiger partial charge is 0.194 e. The van der Waals surface area contributed by atoms with Gasteiger partial charge >= 0.3 is 0 Å². The molecule has 5 nitrogen and oxygen atoms in total. The first-order valence-corrected chi connectivity index (χ1v) is 12.3. The molecule has 0 aromatic rings. The van der Waals surface area contributed by atoms with Crippen LogP contribution in [0.15, 0.2) is 4.99 Å². The summed E-state index contributed by atoms with van der Waals surface area (Å²) in [7, 11) is -2.81. The number of halogens is 1. The normalized spacial score (nSPS) is 30.3. The van der Waals surface area contributed by atoms with Crippen molar-refractivity contribution in [2.75, 3.05) is 36.9 Å². The second-order valence-electron chi connectivity index (χ2n) is 7.41. The summed E-state index contributed by atoms with van der Waals surface area (Å²) in [5, 5.41) is 4.37. The molecule has 2 atom stereocenters. The Morgan fingerprint density at radius 2 is 2.04 bits per heavy atom. The third-order valence-corrected chi connectivity index (χ3v) is 8.62. The molecule has 0 aromatic heterocycles. The summed E-state index contributed by atoms with van der Waals surface area (Å²) in [6, 6.07) is 0.547. The molecule has 0 bridgehead atoms. The lowest BCUT2D eigenvalue weighted by atomic mass is 10.1. The van der Waals surface area contributed by atoms with Gasteiger partial charge in [-0.25, -0.2) is 8.42 Å². The molecule has 3 rings (SSSR count). The summed E-state index contributed by atoms with van der Waals surface area (Å²) in [6.45, 7) is 5.01. The van der Waals surface area contributed by atoms with Crippen molar-refractivity contribution in [3.05, 3.63) is 0 Å². The largest absolute Gasteiger partial charge is 0.354 e. The van der Waals surface area contributed by atoms with Crippen LogP contribution in [0.25, 0.3) is 0 Å². The Labute approximate surface area is 174 Å². The van der Waals surface area contributed by atoms with Crippen LogP contribution >= 0.6 is 35.7 Å². The fraction of sp³-hybridized carbons (Fsp3) is 0.941.